The maximum absolute atomic E-state index is 10.4. The standard InChI is InChI=1S/C15H18O3/c16-15(11-6-2-1-3-7-11)14-10-17-12-8-4-5-9-13(12)18-14/h4-6,8-9,14-16H,1-3,7,10H2. The van der Waals surface area contributed by atoms with Gasteiger partial charge in [-0.2, -0.15) is 0 Å². The van der Waals surface area contributed by atoms with Crippen LogP contribution in [0.25, 0.3) is 0 Å². The molecule has 3 rings (SSSR count). The van der Waals surface area contributed by atoms with Gasteiger partial charge in [-0.25, -0.2) is 0 Å². The minimum atomic E-state index is -0.543. The molecule has 2 aliphatic rings. The van der Waals surface area contributed by atoms with Gasteiger partial charge in [0.25, 0.3) is 0 Å². The first-order valence-electron chi connectivity index (χ1n) is 6.60. The Morgan fingerprint density at radius 1 is 1.17 bits per heavy atom. The average Bonchev–Trinajstić information content (AvgIpc) is 2.47. The molecule has 2 atom stereocenters. The number of hydrogen-bond donors (Lipinski definition) is 1. The lowest BCUT2D eigenvalue weighted by Crippen LogP contribution is -2.41. The molecule has 3 nitrogen and oxygen atoms in total. The third-order valence-corrected chi connectivity index (χ3v) is 3.59. The lowest BCUT2D eigenvalue weighted by molar-refractivity contribution is 0.00523. The Bertz CT molecular complexity index is 453. The summed E-state index contributed by atoms with van der Waals surface area (Å²) in [6.45, 7) is 0.412. The number of benzene rings is 1. The van der Waals surface area contributed by atoms with Crippen LogP contribution in [0.4, 0.5) is 0 Å². The second-order valence-corrected chi connectivity index (χ2v) is 4.88. The van der Waals surface area contributed by atoms with E-state index in [1.807, 2.05) is 24.3 Å². The smallest absolute Gasteiger partial charge is 0.162 e. The lowest BCUT2D eigenvalue weighted by atomic mass is 9.93. The van der Waals surface area contributed by atoms with Gasteiger partial charge in [-0.05, 0) is 43.4 Å². The Morgan fingerprint density at radius 3 is 2.78 bits per heavy atom. The van der Waals surface area contributed by atoms with Crippen molar-refractivity contribution in [1.82, 2.24) is 0 Å². The second-order valence-electron chi connectivity index (χ2n) is 4.88. The third kappa shape index (κ3) is 2.23. The van der Waals surface area contributed by atoms with E-state index in [0.717, 1.165) is 36.3 Å². The van der Waals surface area contributed by atoms with Crippen molar-refractivity contribution in [2.24, 2.45) is 0 Å². The van der Waals surface area contributed by atoms with Crippen molar-refractivity contribution < 1.29 is 14.6 Å². The van der Waals surface area contributed by atoms with Gasteiger partial charge in [0.15, 0.2) is 17.6 Å². The Morgan fingerprint density at radius 2 is 2.00 bits per heavy atom. The van der Waals surface area contributed by atoms with E-state index >= 15 is 0 Å². The summed E-state index contributed by atoms with van der Waals surface area (Å²) < 4.78 is 11.5. The van der Waals surface area contributed by atoms with E-state index in [4.69, 9.17) is 9.47 Å². The molecule has 1 aromatic rings. The van der Waals surface area contributed by atoms with Crippen molar-refractivity contribution in [2.45, 2.75) is 37.9 Å². The maximum Gasteiger partial charge on any atom is 0.162 e. The Kier molecular flexibility index (Phi) is 3.24. The molecule has 0 saturated heterocycles. The third-order valence-electron chi connectivity index (χ3n) is 3.59. The van der Waals surface area contributed by atoms with Gasteiger partial charge in [0.05, 0.1) is 0 Å². The predicted octanol–water partition coefficient (Wildman–Crippen LogP) is 2.69. The van der Waals surface area contributed by atoms with E-state index in [2.05, 4.69) is 6.08 Å². The average molecular weight is 246 g/mol. The molecule has 0 amide bonds. The van der Waals surface area contributed by atoms with E-state index in [1.165, 1.54) is 6.42 Å². The molecule has 2 unspecified atom stereocenters. The normalized spacial score (nSPS) is 24.3. The number of allylic oxidation sites excluding steroid dienone is 1. The first-order valence-corrected chi connectivity index (χ1v) is 6.60. The van der Waals surface area contributed by atoms with Crippen LogP contribution in [0, 0.1) is 0 Å². The summed E-state index contributed by atoms with van der Waals surface area (Å²) in [6, 6.07) is 7.60. The van der Waals surface area contributed by atoms with Crippen molar-refractivity contribution in [3.63, 3.8) is 0 Å². The van der Waals surface area contributed by atoms with E-state index in [0.29, 0.717) is 6.61 Å². The molecule has 0 fully saturated rings. The number of hydrogen-bond acceptors (Lipinski definition) is 3. The fraction of sp³-hybridized carbons (Fsp3) is 0.467. The van der Waals surface area contributed by atoms with Gasteiger partial charge in [-0.15, -0.1) is 0 Å². The molecule has 1 aromatic carbocycles. The molecule has 3 heteroatoms. The van der Waals surface area contributed by atoms with Crippen LogP contribution in [0.1, 0.15) is 25.7 Å². The van der Waals surface area contributed by atoms with Crippen LogP contribution in [-0.4, -0.2) is 23.9 Å². The number of para-hydroxylation sites is 2. The maximum atomic E-state index is 10.4. The fourth-order valence-electron chi connectivity index (χ4n) is 2.56. The topological polar surface area (TPSA) is 38.7 Å². The summed E-state index contributed by atoms with van der Waals surface area (Å²) in [5.41, 5.74) is 1.11. The molecule has 0 spiro atoms. The first kappa shape index (κ1) is 11.6. The second kappa shape index (κ2) is 5.02. The highest BCUT2D eigenvalue weighted by Crippen LogP contribution is 2.33. The molecular formula is C15H18O3. The fourth-order valence-corrected chi connectivity index (χ4v) is 2.56. The SMILES string of the molecule is OC(C1=CCCCC1)C1COc2ccccc2O1. The number of fused-ring (bicyclic) bond motifs is 1. The van der Waals surface area contributed by atoms with E-state index < -0.39 is 6.10 Å². The van der Waals surface area contributed by atoms with Gasteiger partial charge in [0.2, 0.25) is 0 Å². The van der Waals surface area contributed by atoms with Crippen molar-refractivity contribution in [3.05, 3.63) is 35.9 Å². The quantitative estimate of drug-likeness (QED) is 0.815. The Balaban J connectivity index is 1.73. The molecule has 1 aliphatic carbocycles. The zero-order chi connectivity index (χ0) is 12.4. The van der Waals surface area contributed by atoms with Crippen LogP contribution in [0.2, 0.25) is 0 Å². The molecule has 0 radical (unpaired) electrons. The number of rotatable bonds is 2. The molecule has 1 aliphatic heterocycles. The molecule has 0 aromatic heterocycles. The van der Waals surface area contributed by atoms with Crippen molar-refractivity contribution in [1.29, 1.82) is 0 Å². The monoisotopic (exact) mass is 246 g/mol. The molecule has 1 N–H and O–H groups in total. The van der Waals surface area contributed by atoms with Gasteiger partial charge in [-0.3, -0.25) is 0 Å². The van der Waals surface area contributed by atoms with Crippen LogP contribution in [-0.2, 0) is 0 Å². The van der Waals surface area contributed by atoms with E-state index in [1.54, 1.807) is 0 Å². The first-order chi connectivity index (χ1) is 8.84. The zero-order valence-electron chi connectivity index (χ0n) is 10.3. The van der Waals surface area contributed by atoms with Crippen LogP contribution in [0.5, 0.6) is 11.5 Å². The summed E-state index contributed by atoms with van der Waals surface area (Å²) in [7, 11) is 0. The Labute approximate surface area is 107 Å². The van der Waals surface area contributed by atoms with Crippen LogP contribution in [0.3, 0.4) is 0 Å². The molecule has 96 valence electrons. The number of ether oxygens (including phenoxy) is 2. The van der Waals surface area contributed by atoms with Crippen molar-refractivity contribution in [3.8, 4) is 11.5 Å². The van der Waals surface area contributed by atoms with Gasteiger partial charge in [0.1, 0.15) is 12.7 Å². The van der Waals surface area contributed by atoms with Gasteiger partial charge in [0, 0.05) is 0 Å². The minimum Gasteiger partial charge on any atom is -0.486 e. The Hall–Kier alpha value is -1.48. The predicted molar refractivity (Wildman–Crippen MR) is 68.9 cm³/mol. The van der Waals surface area contributed by atoms with Crippen molar-refractivity contribution in [2.75, 3.05) is 6.61 Å². The van der Waals surface area contributed by atoms with Crippen LogP contribution < -0.4 is 9.47 Å². The summed E-state index contributed by atoms with van der Waals surface area (Å²) in [4.78, 5) is 0. The molecular weight excluding hydrogens is 228 g/mol. The van der Waals surface area contributed by atoms with Crippen molar-refractivity contribution >= 4 is 0 Å². The molecule has 18 heavy (non-hydrogen) atoms. The van der Waals surface area contributed by atoms with E-state index in [-0.39, 0.29) is 6.10 Å². The summed E-state index contributed by atoms with van der Waals surface area (Å²) in [5.74, 6) is 1.49. The molecule has 0 bridgehead atoms. The summed E-state index contributed by atoms with van der Waals surface area (Å²) >= 11 is 0. The van der Waals surface area contributed by atoms with Gasteiger partial charge in [-0.1, -0.05) is 18.2 Å². The van der Waals surface area contributed by atoms with Crippen LogP contribution >= 0.6 is 0 Å². The molecule has 0 saturated carbocycles. The van der Waals surface area contributed by atoms with Gasteiger partial charge < -0.3 is 14.6 Å². The number of aliphatic hydroxyl groups is 1. The summed E-state index contributed by atoms with van der Waals surface area (Å²) in [5, 5.41) is 10.4. The molecule has 1 heterocycles. The summed E-state index contributed by atoms with van der Waals surface area (Å²) in [6.07, 6.45) is 5.74. The highest BCUT2D eigenvalue weighted by atomic mass is 16.6. The highest BCUT2D eigenvalue weighted by Gasteiger charge is 2.30. The van der Waals surface area contributed by atoms with Crippen LogP contribution in [0.15, 0.2) is 35.9 Å². The number of aliphatic hydroxyl groups excluding tert-OH is 1. The zero-order valence-corrected chi connectivity index (χ0v) is 10.3. The minimum absolute atomic E-state index is 0.288. The van der Waals surface area contributed by atoms with Gasteiger partial charge >= 0.3 is 0 Å². The largest absolute Gasteiger partial charge is 0.486 e. The lowest BCUT2D eigenvalue weighted by Gasteiger charge is -2.31. The van der Waals surface area contributed by atoms with E-state index in [9.17, 15) is 5.11 Å². The highest BCUT2D eigenvalue weighted by molar-refractivity contribution is 5.41.